The van der Waals surface area contributed by atoms with E-state index in [1.807, 2.05) is 36.2 Å². The first-order chi connectivity index (χ1) is 12.6. The molecule has 0 radical (unpaired) electrons. The number of ether oxygens (including phenoxy) is 2. The van der Waals surface area contributed by atoms with E-state index in [1.165, 1.54) is 0 Å². The summed E-state index contributed by atoms with van der Waals surface area (Å²) in [5, 5.41) is 0. The highest BCUT2D eigenvalue weighted by atomic mass is 16.5. The van der Waals surface area contributed by atoms with Crippen molar-refractivity contribution in [1.29, 1.82) is 0 Å². The van der Waals surface area contributed by atoms with E-state index in [0.29, 0.717) is 12.3 Å². The second-order valence-corrected chi connectivity index (χ2v) is 6.31. The number of carbonyl (C=O) groups excluding carboxylic acids is 1. The van der Waals surface area contributed by atoms with E-state index >= 15 is 0 Å². The number of nitrogens with zero attached hydrogens (tertiary/aromatic N) is 4. The van der Waals surface area contributed by atoms with Gasteiger partial charge in [0.2, 0.25) is 5.91 Å². The van der Waals surface area contributed by atoms with E-state index in [2.05, 4.69) is 14.9 Å². The van der Waals surface area contributed by atoms with Crippen LogP contribution in [0.2, 0.25) is 0 Å². The van der Waals surface area contributed by atoms with Gasteiger partial charge in [-0.2, -0.15) is 0 Å². The third kappa shape index (κ3) is 3.87. The number of carbonyl (C=O) groups is 1. The lowest BCUT2D eigenvalue weighted by Crippen LogP contribution is -2.40. The van der Waals surface area contributed by atoms with Gasteiger partial charge in [-0.3, -0.25) is 4.79 Å². The van der Waals surface area contributed by atoms with Gasteiger partial charge in [0.15, 0.2) is 5.82 Å². The van der Waals surface area contributed by atoms with Crippen LogP contribution in [-0.2, 0) is 11.2 Å². The Kier molecular flexibility index (Phi) is 5.55. The average molecular weight is 356 g/mol. The van der Waals surface area contributed by atoms with Gasteiger partial charge in [-0.1, -0.05) is 12.1 Å². The third-order valence-corrected chi connectivity index (χ3v) is 4.73. The van der Waals surface area contributed by atoms with Gasteiger partial charge in [0.1, 0.15) is 5.75 Å². The predicted molar refractivity (Wildman–Crippen MR) is 98.7 cm³/mol. The molecule has 0 N–H and O–H groups in total. The van der Waals surface area contributed by atoms with Crippen LogP contribution < -0.4 is 14.4 Å². The molecule has 138 valence electrons. The van der Waals surface area contributed by atoms with Gasteiger partial charge in [-0.15, -0.1) is 0 Å². The molecular weight excluding hydrogens is 332 g/mol. The third-order valence-electron chi connectivity index (χ3n) is 4.73. The van der Waals surface area contributed by atoms with Gasteiger partial charge in [-0.05, 0) is 24.1 Å². The molecule has 2 aromatic rings. The van der Waals surface area contributed by atoms with Gasteiger partial charge in [0.05, 0.1) is 26.7 Å². The molecule has 7 heteroatoms. The Bertz CT molecular complexity index is 768. The van der Waals surface area contributed by atoms with Crippen molar-refractivity contribution in [3.8, 4) is 11.6 Å². The van der Waals surface area contributed by atoms with Crippen LogP contribution in [-0.4, -0.2) is 61.2 Å². The summed E-state index contributed by atoms with van der Waals surface area (Å²) in [6.07, 6.45) is 4.52. The monoisotopic (exact) mass is 356 g/mol. The number of hydrogen-bond donors (Lipinski definition) is 0. The van der Waals surface area contributed by atoms with Crippen molar-refractivity contribution in [1.82, 2.24) is 14.9 Å². The zero-order chi connectivity index (χ0) is 18.5. The Morgan fingerprint density at radius 1 is 1.27 bits per heavy atom. The van der Waals surface area contributed by atoms with Crippen molar-refractivity contribution >= 4 is 11.7 Å². The molecule has 1 fully saturated rings. The SMILES string of the molecule is COc1cccc(CC(=O)N(C)[C@H]2CCN(c3nccnc3OC)C2)c1. The van der Waals surface area contributed by atoms with Crippen LogP contribution in [0.15, 0.2) is 36.7 Å². The molecule has 1 aromatic carbocycles. The topological polar surface area (TPSA) is 67.8 Å². The van der Waals surface area contributed by atoms with E-state index in [0.717, 1.165) is 36.6 Å². The molecule has 1 atom stereocenters. The van der Waals surface area contributed by atoms with Crippen molar-refractivity contribution in [3.05, 3.63) is 42.2 Å². The van der Waals surface area contributed by atoms with E-state index in [1.54, 1.807) is 26.6 Å². The number of methoxy groups -OCH3 is 2. The van der Waals surface area contributed by atoms with Crippen molar-refractivity contribution < 1.29 is 14.3 Å². The maximum absolute atomic E-state index is 12.7. The van der Waals surface area contributed by atoms with E-state index in [9.17, 15) is 4.79 Å². The zero-order valence-corrected chi connectivity index (χ0v) is 15.4. The summed E-state index contributed by atoms with van der Waals surface area (Å²) >= 11 is 0. The lowest BCUT2D eigenvalue weighted by atomic mass is 10.1. The van der Waals surface area contributed by atoms with E-state index < -0.39 is 0 Å². The summed E-state index contributed by atoms with van der Waals surface area (Å²) in [6.45, 7) is 1.53. The van der Waals surface area contributed by atoms with Crippen LogP contribution in [0, 0.1) is 0 Å². The minimum absolute atomic E-state index is 0.0937. The molecule has 2 heterocycles. The Morgan fingerprint density at radius 2 is 2.08 bits per heavy atom. The average Bonchev–Trinajstić information content (AvgIpc) is 3.17. The highest BCUT2D eigenvalue weighted by Crippen LogP contribution is 2.27. The van der Waals surface area contributed by atoms with Crippen molar-refractivity contribution in [2.45, 2.75) is 18.9 Å². The smallest absolute Gasteiger partial charge is 0.257 e. The van der Waals surface area contributed by atoms with Gasteiger partial charge in [-0.25, -0.2) is 9.97 Å². The quantitative estimate of drug-likeness (QED) is 0.786. The minimum Gasteiger partial charge on any atom is -0.497 e. The maximum atomic E-state index is 12.7. The fourth-order valence-electron chi connectivity index (χ4n) is 3.21. The Labute approximate surface area is 153 Å². The molecule has 26 heavy (non-hydrogen) atoms. The molecule has 0 unspecified atom stereocenters. The molecule has 0 bridgehead atoms. The molecule has 1 aliphatic rings. The van der Waals surface area contributed by atoms with Crippen molar-refractivity contribution in [3.63, 3.8) is 0 Å². The fourth-order valence-corrected chi connectivity index (χ4v) is 3.21. The summed E-state index contributed by atoms with van der Waals surface area (Å²) in [4.78, 5) is 25.2. The maximum Gasteiger partial charge on any atom is 0.257 e. The van der Waals surface area contributed by atoms with Crippen LogP contribution in [0.3, 0.4) is 0 Å². The Hall–Kier alpha value is -2.83. The summed E-state index contributed by atoms with van der Waals surface area (Å²) in [5.74, 6) is 2.10. The number of amides is 1. The molecule has 1 amide bonds. The molecule has 0 aliphatic carbocycles. The van der Waals surface area contributed by atoms with Crippen LogP contribution >= 0.6 is 0 Å². The zero-order valence-electron chi connectivity index (χ0n) is 15.4. The van der Waals surface area contributed by atoms with Crippen LogP contribution in [0.1, 0.15) is 12.0 Å². The number of anilines is 1. The molecule has 7 nitrogen and oxygen atoms in total. The Balaban J connectivity index is 1.63. The fraction of sp³-hybridized carbons (Fsp3) is 0.421. The highest BCUT2D eigenvalue weighted by Gasteiger charge is 2.30. The van der Waals surface area contributed by atoms with Gasteiger partial charge < -0.3 is 19.3 Å². The lowest BCUT2D eigenvalue weighted by Gasteiger charge is -2.25. The predicted octanol–water partition coefficient (Wildman–Crippen LogP) is 1.77. The van der Waals surface area contributed by atoms with E-state index in [4.69, 9.17) is 9.47 Å². The summed E-state index contributed by atoms with van der Waals surface area (Å²) in [6, 6.07) is 7.76. The largest absolute Gasteiger partial charge is 0.497 e. The molecule has 1 aliphatic heterocycles. The minimum atomic E-state index is 0.0937. The molecule has 1 aromatic heterocycles. The first kappa shape index (κ1) is 18.0. The van der Waals surface area contributed by atoms with Crippen molar-refractivity contribution in [2.75, 3.05) is 39.3 Å². The number of benzene rings is 1. The van der Waals surface area contributed by atoms with Crippen molar-refractivity contribution in [2.24, 2.45) is 0 Å². The summed E-state index contributed by atoms with van der Waals surface area (Å²) in [5.41, 5.74) is 0.951. The first-order valence-corrected chi connectivity index (χ1v) is 8.61. The number of aromatic nitrogens is 2. The van der Waals surface area contributed by atoms with Gasteiger partial charge in [0.25, 0.3) is 5.88 Å². The van der Waals surface area contributed by atoms with Crippen LogP contribution in [0.5, 0.6) is 11.6 Å². The molecule has 0 saturated carbocycles. The molecule has 1 saturated heterocycles. The highest BCUT2D eigenvalue weighted by molar-refractivity contribution is 5.79. The number of rotatable bonds is 6. The standard InChI is InChI=1S/C19H24N4O3/c1-22(17(24)12-14-5-4-6-16(11-14)25-2)15-7-10-23(13-15)18-19(26-3)21-9-8-20-18/h4-6,8-9,11,15H,7,10,12-13H2,1-3H3/t15-/m0/s1. The number of likely N-dealkylation sites (N-methyl/N-ethyl adjacent to an activating group) is 1. The first-order valence-electron chi connectivity index (χ1n) is 8.61. The summed E-state index contributed by atoms with van der Waals surface area (Å²) < 4.78 is 10.5. The molecule has 3 rings (SSSR count). The van der Waals surface area contributed by atoms with Gasteiger partial charge in [0, 0.05) is 32.5 Å². The van der Waals surface area contributed by atoms with Crippen LogP contribution in [0.4, 0.5) is 5.82 Å². The van der Waals surface area contributed by atoms with Crippen LogP contribution in [0.25, 0.3) is 0 Å². The number of hydrogen-bond acceptors (Lipinski definition) is 6. The second-order valence-electron chi connectivity index (χ2n) is 6.31. The van der Waals surface area contributed by atoms with Gasteiger partial charge >= 0.3 is 0 Å². The van der Waals surface area contributed by atoms with E-state index in [-0.39, 0.29) is 11.9 Å². The normalized spacial score (nSPS) is 16.4. The molecule has 0 spiro atoms. The Morgan fingerprint density at radius 3 is 2.85 bits per heavy atom. The second kappa shape index (κ2) is 8.03. The summed E-state index contributed by atoms with van der Waals surface area (Å²) in [7, 11) is 5.08. The molecular formula is C19H24N4O3. The lowest BCUT2D eigenvalue weighted by molar-refractivity contribution is -0.130.